The summed E-state index contributed by atoms with van der Waals surface area (Å²) in [5, 5.41) is 7.19. The van der Waals surface area contributed by atoms with Crippen LogP contribution < -0.4 is 5.32 Å². The molecule has 8 nitrogen and oxygen atoms in total. The zero-order valence-electron chi connectivity index (χ0n) is 20.9. The third kappa shape index (κ3) is 6.45. The molecule has 3 heterocycles. The van der Waals surface area contributed by atoms with Crippen LogP contribution in [-0.2, 0) is 11.3 Å². The Balaban J connectivity index is 1.21. The number of halogens is 1. The largest absolute Gasteiger partial charge is 0.339 e. The number of aromatic nitrogens is 2. The number of hydrogen-bond acceptors (Lipinski definition) is 6. The molecular weight excluding hydrogens is 534 g/mol. The first-order valence-electron chi connectivity index (χ1n) is 13.1. The van der Waals surface area contributed by atoms with Gasteiger partial charge in [-0.3, -0.25) is 14.5 Å². The number of carbonyl (C=O) groups excluding carboxylic acids is 2. The minimum absolute atomic E-state index is 0.000661. The van der Waals surface area contributed by atoms with Crippen LogP contribution in [0.5, 0.6) is 0 Å². The highest BCUT2D eigenvalue weighted by molar-refractivity contribution is 9.10. The fourth-order valence-corrected chi connectivity index (χ4v) is 5.53. The average molecular weight is 567 g/mol. The first-order chi connectivity index (χ1) is 18.1. The Morgan fingerprint density at radius 1 is 1.00 bits per heavy atom. The van der Waals surface area contributed by atoms with Crippen LogP contribution in [0.15, 0.2) is 57.5 Å². The first kappa shape index (κ1) is 25.6. The van der Waals surface area contributed by atoms with E-state index in [1.54, 1.807) is 0 Å². The van der Waals surface area contributed by atoms with Gasteiger partial charge in [-0.1, -0.05) is 58.2 Å². The van der Waals surface area contributed by atoms with Crippen molar-refractivity contribution in [1.82, 2.24) is 19.9 Å². The maximum Gasteiger partial charge on any atom is 0.255 e. The lowest BCUT2D eigenvalue weighted by Crippen LogP contribution is -2.40. The summed E-state index contributed by atoms with van der Waals surface area (Å²) in [6, 6.07) is 15.1. The van der Waals surface area contributed by atoms with Gasteiger partial charge in [0.2, 0.25) is 17.6 Å². The highest BCUT2D eigenvalue weighted by atomic mass is 79.9. The van der Waals surface area contributed by atoms with Gasteiger partial charge in [0.05, 0.1) is 23.7 Å². The van der Waals surface area contributed by atoms with Crippen molar-refractivity contribution >= 4 is 33.4 Å². The van der Waals surface area contributed by atoms with Crippen molar-refractivity contribution in [3.05, 3.63) is 64.5 Å². The number of nitrogens with zero attached hydrogens (tertiary/aromatic N) is 4. The van der Waals surface area contributed by atoms with E-state index in [-0.39, 0.29) is 17.7 Å². The van der Waals surface area contributed by atoms with Gasteiger partial charge in [-0.15, -0.1) is 0 Å². The average Bonchev–Trinajstić information content (AvgIpc) is 3.20. The number of carbonyl (C=O) groups is 2. The molecule has 2 aromatic carbocycles. The molecule has 37 heavy (non-hydrogen) atoms. The van der Waals surface area contributed by atoms with Gasteiger partial charge in [-0.2, -0.15) is 4.98 Å². The standard InChI is InChI=1S/C28H32BrN5O3/c29-22-11-7-9-20(17-22)26-31-25(37-32-26)19-33-14-8-10-21(18-33)27(35)30-24-13-4-3-12-23(24)28(36)34-15-5-1-2-6-16-34/h3-4,7,9,11-13,17,21H,1-2,5-6,8,10,14-16,18-19H2,(H,30,35). The SMILES string of the molecule is O=C(Nc1ccccc1C(=O)N1CCCCCC1)C1CCCN(Cc2nc(-c3cccc(Br)c3)no2)C1. The Bertz CT molecular complexity index is 1240. The zero-order chi connectivity index (χ0) is 25.6. The molecule has 194 valence electrons. The summed E-state index contributed by atoms with van der Waals surface area (Å²) in [5.41, 5.74) is 2.04. The number of amides is 2. The number of anilines is 1. The van der Waals surface area contributed by atoms with Crippen molar-refractivity contribution in [2.45, 2.75) is 45.1 Å². The van der Waals surface area contributed by atoms with Crippen molar-refractivity contribution in [3.63, 3.8) is 0 Å². The summed E-state index contributed by atoms with van der Waals surface area (Å²) in [4.78, 5) is 35.2. The fraction of sp³-hybridized carbons (Fsp3) is 0.429. The third-order valence-electron chi connectivity index (χ3n) is 7.09. The molecule has 2 saturated heterocycles. The Morgan fingerprint density at radius 3 is 2.62 bits per heavy atom. The Kier molecular flexibility index (Phi) is 8.31. The molecule has 0 aliphatic carbocycles. The molecule has 1 unspecified atom stereocenters. The summed E-state index contributed by atoms with van der Waals surface area (Å²) in [6.07, 6.45) is 6.09. The Hall–Kier alpha value is -3.04. The van der Waals surface area contributed by atoms with Crippen molar-refractivity contribution in [2.75, 3.05) is 31.5 Å². The highest BCUT2D eigenvalue weighted by Gasteiger charge is 2.28. The van der Waals surface area contributed by atoms with Gasteiger partial charge in [-0.05, 0) is 56.5 Å². The summed E-state index contributed by atoms with van der Waals surface area (Å²) < 4.78 is 6.46. The molecule has 2 aliphatic rings. The molecule has 1 N–H and O–H groups in total. The van der Waals surface area contributed by atoms with Crippen LogP contribution in [0, 0.1) is 5.92 Å². The second-order valence-electron chi connectivity index (χ2n) is 9.84. The van der Waals surface area contributed by atoms with Gasteiger partial charge < -0.3 is 14.7 Å². The lowest BCUT2D eigenvalue weighted by atomic mass is 9.96. The number of likely N-dealkylation sites (tertiary alicyclic amines) is 2. The number of para-hydroxylation sites is 1. The van der Waals surface area contributed by atoms with Crippen LogP contribution in [-0.4, -0.2) is 57.9 Å². The van der Waals surface area contributed by atoms with E-state index in [9.17, 15) is 9.59 Å². The van der Waals surface area contributed by atoms with E-state index in [0.717, 1.165) is 68.2 Å². The van der Waals surface area contributed by atoms with Gasteiger partial charge in [0.25, 0.3) is 5.91 Å². The number of benzene rings is 2. The summed E-state index contributed by atoms with van der Waals surface area (Å²) in [5.74, 6) is 0.849. The van der Waals surface area contributed by atoms with Crippen LogP contribution in [0.3, 0.4) is 0 Å². The minimum Gasteiger partial charge on any atom is -0.339 e. The predicted molar refractivity (Wildman–Crippen MR) is 145 cm³/mol. The molecule has 0 bridgehead atoms. The maximum atomic E-state index is 13.3. The van der Waals surface area contributed by atoms with E-state index >= 15 is 0 Å². The molecule has 1 aromatic heterocycles. The molecule has 2 aliphatic heterocycles. The summed E-state index contributed by atoms with van der Waals surface area (Å²) >= 11 is 3.47. The second-order valence-corrected chi connectivity index (χ2v) is 10.8. The second kappa shape index (κ2) is 12.0. The normalized spacial score (nSPS) is 18.8. The summed E-state index contributed by atoms with van der Waals surface area (Å²) in [7, 11) is 0. The molecule has 0 spiro atoms. The van der Waals surface area contributed by atoms with Gasteiger partial charge in [-0.25, -0.2) is 0 Å². The first-order valence-corrected chi connectivity index (χ1v) is 13.9. The molecule has 0 saturated carbocycles. The van der Waals surface area contributed by atoms with E-state index in [2.05, 4.69) is 36.3 Å². The third-order valence-corrected chi connectivity index (χ3v) is 7.59. The molecular formula is C28H32BrN5O3. The fourth-order valence-electron chi connectivity index (χ4n) is 5.13. The molecule has 0 radical (unpaired) electrons. The Labute approximate surface area is 225 Å². The van der Waals surface area contributed by atoms with Gasteiger partial charge in [0.1, 0.15) is 0 Å². The predicted octanol–water partition coefficient (Wildman–Crippen LogP) is 5.37. The number of nitrogens with one attached hydrogen (secondary N) is 1. The van der Waals surface area contributed by atoms with Crippen LogP contribution in [0.2, 0.25) is 0 Å². The van der Waals surface area contributed by atoms with Crippen LogP contribution in [0.25, 0.3) is 11.4 Å². The lowest BCUT2D eigenvalue weighted by molar-refractivity contribution is -0.121. The highest BCUT2D eigenvalue weighted by Crippen LogP contribution is 2.25. The number of hydrogen-bond donors (Lipinski definition) is 1. The van der Waals surface area contributed by atoms with Crippen molar-refractivity contribution in [3.8, 4) is 11.4 Å². The van der Waals surface area contributed by atoms with E-state index in [0.29, 0.717) is 36.1 Å². The minimum atomic E-state index is -0.178. The molecule has 9 heteroatoms. The summed E-state index contributed by atoms with van der Waals surface area (Å²) in [6.45, 7) is 3.51. The maximum absolute atomic E-state index is 13.3. The van der Waals surface area contributed by atoms with Crippen molar-refractivity contribution in [1.29, 1.82) is 0 Å². The van der Waals surface area contributed by atoms with Crippen LogP contribution >= 0.6 is 15.9 Å². The molecule has 5 rings (SSSR count). The molecule has 2 amide bonds. The van der Waals surface area contributed by atoms with E-state index in [1.165, 1.54) is 0 Å². The smallest absolute Gasteiger partial charge is 0.255 e. The zero-order valence-corrected chi connectivity index (χ0v) is 22.5. The Morgan fingerprint density at radius 2 is 1.81 bits per heavy atom. The van der Waals surface area contributed by atoms with E-state index in [4.69, 9.17) is 4.52 Å². The number of piperidine rings is 1. The van der Waals surface area contributed by atoms with Crippen molar-refractivity contribution < 1.29 is 14.1 Å². The molecule has 2 fully saturated rings. The van der Waals surface area contributed by atoms with Crippen LogP contribution in [0.4, 0.5) is 5.69 Å². The molecule has 3 aromatic rings. The number of rotatable bonds is 6. The quantitative estimate of drug-likeness (QED) is 0.432. The van der Waals surface area contributed by atoms with Crippen molar-refractivity contribution in [2.24, 2.45) is 5.92 Å². The monoisotopic (exact) mass is 565 g/mol. The van der Waals surface area contributed by atoms with E-state index in [1.807, 2.05) is 53.4 Å². The van der Waals surface area contributed by atoms with Gasteiger partial charge >= 0.3 is 0 Å². The lowest BCUT2D eigenvalue weighted by Gasteiger charge is -2.31. The van der Waals surface area contributed by atoms with Gasteiger partial charge in [0, 0.05) is 29.7 Å². The topological polar surface area (TPSA) is 91.6 Å². The van der Waals surface area contributed by atoms with Crippen LogP contribution in [0.1, 0.15) is 54.8 Å². The van der Waals surface area contributed by atoms with Gasteiger partial charge in [0.15, 0.2) is 0 Å². The molecule has 1 atom stereocenters. The van der Waals surface area contributed by atoms with E-state index < -0.39 is 0 Å².